The molecule has 1 N–H and O–H groups in total. The van der Waals surface area contributed by atoms with Gasteiger partial charge in [-0.25, -0.2) is 0 Å². The lowest BCUT2D eigenvalue weighted by atomic mass is 10.0. The van der Waals surface area contributed by atoms with Crippen molar-refractivity contribution in [3.8, 4) is 0 Å². The molecule has 2 atom stereocenters. The molecule has 4 nitrogen and oxygen atoms in total. The topological polar surface area (TPSA) is 41.3 Å². The van der Waals surface area contributed by atoms with Gasteiger partial charge in [-0.1, -0.05) is 12.8 Å². The highest BCUT2D eigenvalue weighted by molar-refractivity contribution is 4.80. The van der Waals surface area contributed by atoms with E-state index in [0.29, 0.717) is 6.04 Å². The number of nitrogens with zero attached hydrogens (tertiary/aromatic N) is 3. The Labute approximate surface area is 110 Å². The van der Waals surface area contributed by atoms with Crippen molar-refractivity contribution in [2.24, 2.45) is 0 Å². The second-order valence-electron chi connectivity index (χ2n) is 5.39. The van der Waals surface area contributed by atoms with Crippen molar-refractivity contribution in [3.05, 3.63) is 18.5 Å². The van der Waals surface area contributed by atoms with Crippen LogP contribution in [0.4, 0.5) is 0 Å². The van der Waals surface area contributed by atoms with Gasteiger partial charge in [-0.15, -0.1) is 0 Å². The second-order valence-corrected chi connectivity index (χ2v) is 5.39. The molecule has 1 aromatic rings. The van der Waals surface area contributed by atoms with Gasteiger partial charge in [-0.3, -0.25) is 9.58 Å². The predicted molar refractivity (Wildman–Crippen MR) is 72.4 cm³/mol. The molecule has 0 amide bonds. The Balaban J connectivity index is 1.88. The van der Waals surface area contributed by atoms with Crippen molar-refractivity contribution < 1.29 is 5.11 Å². The maximum Gasteiger partial charge on any atom is 0.0536 e. The van der Waals surface area contributed by atoms with Crippen LogP contribution in [0.3, 0.4) is 0 Å². The summed E-state index contributed by atoms with van der Waals surface area (Å²) in [4.78, 5) is 2.54. The zero-order valence-corrected chi connectivity index (χ0v) is 11.3. The van der Waals surface area contributed by atoms with E-state index in [1.807, 2.05) is 30.1 Å². The van der Waals surface area contributed by atoms with E-state index in [0.717, 1.165) is 19.5 Å². The van der Waals surface area contributed by atoms with E-state index in [-0.39, 0.29) is 6.10 Å². The molecule has 1 aliphatic rings. The van der Waals surface area contributed by atoms with Gasteiger partial charge in [0.2, 0.25) is 0 Å². The molecule has 4 heteroatoms. The van der Waals surface area contributed by atoms with Gasteiger partial charge in [0, 0.05) is 25.0 Å². The molecule has 1 aromatic heterocycles. The minimum absolute atomic E-state index is 0.194. The average molecular weight is 251 g/mol. The molecular formula is C14H25N3O. The number of aliphatic hydroxyl groups is 1. The van der Waals surface area contributed by atoms with Gasteiger partial charge < -0.3 is 5.11 Å². The summed E-state index contributed by atoms with van der Waals surface area (Å²) in [5.74, 6) is 0. The fourth-order valence-electron chi connectivity index (χ4n) is 2.86. The first-order chi connectivity index (χ1) is 8.75. The fourth-order valence-corrected chi connectivity index (χ4v) is 2.86. The number of hydrogen-bond donors (Lipinski definition) is 1. The van der Waals surface area contributed by atoms with Gasteiger partial charge >= 0.3 is 0 Å². The lowest BCUT2D eigenvalue weighted by Crippen LogP contribution is -2.39. The van der Waals surface area contributed by atoms with Crippen LogP contribution in [0.2, 0.25) is 0 Å². The summed E-state index contributed by atoms with van der Waals surface area (Å²) < 4.78 is 1.99. The number of aliphatic hydroxyl groups excluding tert-OH is 1. The van der Waals surface area contributed by atoms with Crippen LogP contribution in [0, 0.1) is 0 Å². The van der Waals surface area contributed by atoms with E-state index in [9.17, 15) is 5.11 Å². The molecule has 0 aliphatic carbocycles. The Morgan fingerprint density at radius 2 is 2.22 bits per heavy atom. The van der Waals surface area contributed by atoms with Crippen molar-refractivity contribution in [1.82, 2.24) is 14.7 Å². The van der Waals surface area contributed by atoms with Crippen LogP contribution < -0.4 is 0 Å². The van der Waals surface area contributed by atoms with Crippen molar-refractivity contribution in [3.63, 3.8) is 0 Å². The van der Waals surface area contributed by atoms with Crippen molar-refractivity contribution in [2.45, 2.75) is 57.7 Å². The third kappa shape index (κ3) is 4.10. The van der Waals surface area contributed by atoms with E-state index >= 15 is 0 Å². The van der Waals surface area contributed by atoms with Crippen LogP contribution >= 0.6 is 0 Å². The highest BCUT2D eigenvalue weighted by Crippen LogP contribution is 2.20. The van der Waals surface area contributed by atoms with E-state index in [2.05, 4.69) is 10.00 Å². The van der Waals surface area contributed by atoms with Gasteiger partial charge in [0.05, 0.1) is 12.6 Å². The summed E-state index contributed by atoms with van der Waals surface area (Å²) in [7, 11) is 0. The van der Waals surface area contributed by atoms with E-state index in [4.69, 9.17) is 0 Å². The van der Waals surface area contributed by atoms with Crippen molar-refractivity contribution in [2.75, 3.05) is 13.1 Å². The smallest absolute Gasteiger partial charge is 0.0536 e. The predicted octanol–water partition coefficient (Wildman–Crippen LogP) is 1.90. The summed E-state index contributed by atoms with van der Waals surface area (Å²) >= 11 is 0. The Kier molecular flexibility index (Phi) is 5.20. The van der Waals surface area contributed by atoms with Crippen molar-refractivity contribution >= 4 is 0 Å². The molecule has 1 fully saturated rings. The van der Waals surface area contributed by atoms with Crippen LogP contribution in [0.15, 0.2) is 18.5 Å². The first-order valence-corrected chi connectivity index (χ1v) is 7.15. The molecular weight excluding hydrogens is 226 g/mol. The first kappa shape index (κ1) is 13.6. The number of rotatable bonds is 5. The van der Waals surface area contributed by atoms with Gasteiger partial charge in [0.15, 0.2) is 0 Å². The van der Waals surface area contributed by atoms with Crippen LogP contribution in [0.1, 0.15) is 39.0 Å². The zero-order valence-electron chi connectivity index (χ0n) is 11.3. The van der Waals surface area contributed by atoms with Crippen LogP contribution in [0.25, 0.3) is 0 Å². The molecule has 0 radical (unpaired) electrons. The average Bonchev–Trinajstić information content (AvgIpc) is 2.75. The molecule has 0 bridgehead atoms. The molecule has 1 saturated heterocycles. The molecule has 2 unspecified atom stereocenters. The Morgan fingerprint density at radius 3 is 2.94 bits per heavy atom. The summed E-state index contributed by atoms with van der Waals surface area (Å²) in [6.45, 7) is 5.05. The van der Waals surface area contributed by atoms with E-state index in [1.165, 1.54) is 32.2 Å². The number of likely N-dealkylation sites (tertiary alicyclic amines) is 1. The minimum Gasteiger partial charge on any atom is -0.393 e. The Hall–Kier alpha value is -0.870. The quantitative estimate of drug-likeness (QED) is 0.869. The van der Waals surface area contributed by atoms with Crippen LogP contribution in [-0.2, 0) is 6.54 Å². The molecule has 18 heavy (non-hydrogen) atoms. The highest BCUT2D eigenvalue weighted by Gasteiger charge is 2.21. The van der Waals surface area contributed by atoms with Gasteiger partial charge in [0.1, 0.15) is 0 Å². The maximum atomic E-state index is 9.62. The lowest BCUT2D eigenvalue weighted by molar-refractivity contribution is 0.109. The normalized spacial score (nSPS) is 23.8. The van der Waals surface area contributed by atoms with Crippen molar-refractivity contribution in [1.29, 1.82) is 0 Å². The third-order valence-corrected chi connectivity index (χ3v) is 3.79. The molecule has 2 heterocycles. The summed E-state index contributed by atoms with van der Waals surface area (Å²) in [5, 5.41) is 13.9. The maximum absolute atomic E-state index is 9.62. The van der Waals surface area contributed by atoms with Gasteiger partial charge in [-0.2, -0.15) is 5.10 Å². The fraction of sp³-hybridized carbons (Fsp3) is 0.786. The monoisotopic (exact) mass is 251 g/mol. The molecule has 0 aromatic carbocycles. The minimum atomic E-state index is -0.194. The summed E-state index contributed by atoms with van der Waals surface area (Å²) in [6.07, 6.45) is 9.69. The zero-order chi connectivity index (χ0) is 12.8. The molecule has 0 spiro atoms. The third-order valence-electron chi connectivity index (χ3n) is 3.79. The summed E-state index contributed by atoms with van der Waals surface area (Å²) in [5.41, 5.74) is 0. The Bertz CT molecular complexity index is 324. The standard InChI is InChI=1S/C14H25N3O/c1-13(18)12-14-6-3-2-4-8-16(14)10-11-17-9-5-7-15-17/h5,7,9,13-14,18H,2-4,6,8,10-12H2,1H3. The lowest BCUT2D eigenvalue weighted by Gasteiger charge is -2.30. The Morgan fingerprint density at radius 1 is 1.33 bits per heavy atom. The highest BCUT2D eigenvalue weighted by atomic mass is 16.3. The summed E-state index contributed by atoms with van der Waals surface area (Å²) in [6, 6.07) is 2.51. The van der Waals surface area contributed by atoms with Gasteiger partial charge in [0.25, 0.3) is 0 Å². The second kappa shape index (κ2) is 6.90. The van der Waals surface area contributed by atoms with Gasteiger partial charge in [-0.05, 0) is 38.8 Å². The van der Waals surface area contributed by atoms with Crippen LogP contribution in [0.5, 0.6) is 0 Å². The number of aromatic nitrogens is 2. The molecule has 102 valence electrons. The first-order valence-electron chi connectivity index (χ1n) is 7.15. The molecule has 2 rings (SSSR count). The van der Waals surface area contributed by atoms with E-state index < -0.39 is 0 Å². The van der Waals surface area contributed by atoms with E-state index in [1.54, 1.807) is 0 Å². The number of hydrogen-bond acceptors (Lipinski definition) is 3. The SMILES string of the molecule is CC(O)CC1CCCCCN1CCn1cccn1. The molecule has 0 saturated carbocycles. The van der Waals surface area contributed by atoms with Crippen LogP contribution in [-0.4, -0.2) is 45.0 Å². The largest absolute Gasteiger partial charge is 0.393 e. The molecule has 1 aliphatic heterocycles.